The summed E-state index contributed by atoms with van der Waals surface area (Å²) in [5.74, 6) is 0.342. The van der Waals surface area contributed by atoms with Crippen molar-refractivity contribution in [1.29, 1.82) is 0 Å². The zero-order valence-corrected chi connectivity index (χ0v) is 11.0. The highest BCUT2D eigenvalue weighted by Gasteiger charge is 2.12. The molecule has 0 aliphatic carbocycles. The third-order valence-corrected chi connectivity index (χ3v) is 2.09. The van der Waals surface area contributed by atoms with Crippen LogP contribution in [0.25, 0.3) is 0 Å². The van der Waals surface area contributed by atoms with Crippen LogP contribution in [0.1, 0.15) is 32.2 Å². The number of hydrogen-bond acceptors (Lipinski definition) is 4. The van der Waals surface area contributed by atoms with E-state index in [1.165, 1.54) is 0 Å². The number of nitrogens with one attached hydrogen (secondary N) is 1. The normalized spacial score (nSPS) is 11.5. The topological polar surface area (TPSA) is 64.4 Å². The van der Waals surface area contributed by atoms with Crippen LogP contribution in [0.15, 0.2) is 10.6 Å². The fraction of sp³-hybridized carbons (Fsp3) is 0.636. The molecule has 0 atom stereocenters. The van der Waals surface area contributed by atoms with E-state index in [9.17, 15) is 4.79 Å². The summed E-state index contributed by atoms with van der Waals surface area (Å²) in [6, 6.07) is 1.75. The average molecular weight is 261 g/mol. The third kappa shape index (κ3) is 5.70. The quantitative estimate of drug-likeness (QED) is 0.821. The Bertz CT molecular complexity index is 371. The van der Waals surface area contributed by atoms with Crippen LogP contribution < -0.4 is 5.32 Å². The molecule has 1 aromatic heterocycles. The maximum atomic E-state index is 10.9. The van der Waals surface area contributed by atoms with Gasteiger partial charge in [0.25, 0.3) is 0 Å². The number of nitrogens with zero attached hydrogens (tertiary/aromatic N) is 1. The third-order valence-electron chi connectivity index (χ3n) is 1.84. The second-order valence-corrected chi connectivity index (χ2v) is 4.86. The summed E-state index contributed by atoms with van der Waals surface area (Å²) in [6.45, 7) is 6.56. The van der Waals surface area contributed by atoms with Gasteiger partial charge in [0.05, 0.1) is 12.1 Å². The maximum Gasteiger partial charge on any atom is 0.235 e. The van der Waals surface area contributed by atoms with Crippen molar-refractivity contribution in [2.45, 2.75) is 39.5 Å². The van der Waals surface area contributed by atoms with Crippen LogP contribution in [-0.4, -0.2) is 22.5 Å². The van der Waals surface area contributed by atoms with Crippen LogP contribution in [0, 0.1) is 0 Å². The Morgan fingerprint density at radius 1 is 1.59 bits per heavy atom. The van der Waals surface area contributed by atoms with Gasteiger partial charge in [-0.15, -0.1) is 11.6 Å². The number of halogens is 1. The van der Waals surface area contributed by atoms with Crippen molar-refractivity contribution < 1.29 is 14.1 Å². The molecule has 0 aromatic carbocycles. The standard InChI is InChI=1S/C11H17ClN2O3/c1-11(2,3)16-7-9-4-8(14-17-9)6-13-10(15)5-12/h4H,5-7H2,1-3H3,(H,13,15). The molecule has 17 heavy (non-hydrogen) atoms. The van der Waals surface area contributed by atoms with E-state index in [1.54, 1.807) is 6.07 Å². The summed E-state index contributed by atoms with van der Waals surface area (Å²) < 4.78 is 10.6. The zero-order valence-electron chi connectivity index (χ0n) is 10.2. The van der Waals surface area contributed by atoms with Gasteiger partial charge in [-0.05, 0) is 20.8 Å². The molecule has 1 amide bonds. The molecule has 0 spiro atoms. The fourth-order valence-electron chi connectivity index (χ4n) is 1.03. The Kier molecular flexibility index (Phi) is 4.96. The van der Waals surface area contributed by atoms with Gasteiger partial charge < -0.3 is 14.6 Å². The van der Waals surface area contributed by atoms with Crippen molar-refractivity contribution in [2.75, 3.05) is 5.88 Å². The van der Waals surface area contributed by atoms with Gasteiger partial charge in [-0.2, -0.15) is 0 Å². The van der Waals surface area contributed by atoms with Crippen LogP contribution in [0.2, 0.25) is 0 Å². The van der Waals surface area contributed by atoms with Crippen LogP contribution in [0.3, 0.4) is 0 Å². The largest absolute Gasteiger partial charge is 0.368 e. The number of hydrogen-bond donors (Lipinski definition) is 1. The highest BCUT2D eigenvalue weighted by molar-refractivity contribution is 6.27. The van der Waals surface area contributed by atoms with Gasteiger partial charge in [-0.25, -0.2) is 0 Å². The van der Waals surface area contributed by atoms with Crippen LogP contribution in [0.4, 0.5) is 0 Å². The van der Waals surface area contributed by atoms with Gasteiger partial charge in [0.15, 0.2) is 5.76 Å². The zero-order chi connectivity index (χ0) is 12.9. The minimum atomic E-state index is -0.234. The van der Waals surface area contributed by atoms with Gasteiger partial charge in [-0.1, -0.05) is 5.16 Å². The summed E-state index contributed by atoms with van der Waals surface area (Å²) in [5.41, 5.74) is 0.427. The highest BCUT2D eigenvalue weighted by atomic mass is 35.5. The molecule has 0 radical (unpaired) electrons. The molecular weight excluding hydrogens is 244 g/mol. The van der Waals surface area contributed by atoms with E-state index in [0.29, 0.717) is 24.6 Å². The molecule has 1 aromatic rings. The number of carbonyl (C=O) groups excluding carboxylic acids is 1. The Morgan fingerprint density at radius 2 is 2.29 bits per heavy atom. The molecule has 0 saturated carbocycles. The number of aromatic nitrogens is 1. The van der Waals surface area contributed by atoms with Crippen LogP contribution >= 0.6 is 11.6 Å². The number of carbonyl (C=O) groups is 1. The molecule has 6 heteroatoms. The molecule has 0 fully saturated rings. The first-order valence-corrected chi connectivity index (χ1v) is 5.85. The lowest BCUT2D eigenvalue weighted by Gasteiger charge is -2.17. The van der Waals surface area contributed by atoms with E-state index in [1.807, 2.05) is 20.8 Å². The molecule has 0 unspecified atom stereocenters. The fourth-order valence-corrected chi connectivity index (χ4v) is 1.13. The van der Waals surface area contributed by atoms with E-state index >= 15 is 0 Å². The van der Waals surface area contributed by atoms with Gasteiger partial charge in [0.1, 0.15) is 18.2 Å². The number of ether oxygens (including phenoxy) is 1. The van der Waals surface area contributed by atoms with Crippen molar-refractivity contribution in [2.24, 2.45) is 0 Å². The molecule has 5 nitrogen and oxygen atoms in total. The van der Waals surface area contributed by atoms with Crippen LogP contribution in [-0.2, 0) is 22.7 Å². The lowest BCUT2D eigenvalue weighted by molar-refractivity contribution is -0.118. The Labute approximate surface area is 105 Å². The summed E-state index contributed by atoms with van der Waals surface area (Å²) in [4.78, 5) is 10.9. The Hall–Kier alpha value is -1.07. The molecule has 0 bridgehead atoms. The second kappa shape index (κ2) is 6.02. The second-order valence-electron chi connectivity index (χ2n) is 4.60. The summed E-state index contributed by atoms with van der Waals surface area (Å²) in [5, 5.41) is 6.41. The van der Waals surface area contributed by atoms with Crippen molar-refractivity contribution in [1.82, 2.24) is 10.5 Å². The van der Waals surface area contributed by atoms with E-state index < -0.39 is 0 Å². The molecule has 0 aliphatic heterocycles. The summed E-state index contributed by atoms with van der Waals surface area (Å²) in [6.07, 6.45) is 0. The SMILES string of the molecule is CC(C)(C)OCc1cc(CNC(=O)CCl)no1. The molecule has 96 valence electrons. The predicted molar refractivity (Wildman–Crippen MR) is 63.6 cm³/mol. The van der Waals surface area contributed by atoms with Crippen LogP contribution in [0.5, 0.6) is 0 Å². The number of alkyl halides is 1. The first-order valence-electron chi connectivity index (χ1n) is 5.32. The summed E-state index contributed by atoms with van der Waals surface area (Å²) in [7, 11) is 0. The summed E-state index contributed by atoms with van der Waals surface area (Å²) >= 11 is 5.35. The molecule has 0 aliphatic rings. The molecular formula is C11H17ClN2O3. The van der Waals surface area contributed by atoms with Gasteiger partial charge in [0, 0.05) is 6.07 Å². The van der Waals surface area contributed by atoms with Crippen molar-refractivity contribution in [3.63, 3.8) is 0 Å². The monoisotopic (exact) mass is 260 g/mol. The maximum absolute atomic E-state index is 10.9. The Balaban J connectivity index is 2.40. The smallest absolute Gasteiger partial charge is 0.235 e. The van der Waals surface area contributed by atoms with E-state index in [2.05, 4.69) is 10.5 Å². The average Bonchev–Trinajstić information content (AvgIpc) is 2.70. The first-order chi connectivity index (χ1) is 7.90. The lowest BCUT2D eigenvalue weighted by Crippen LogP contribution is -2.23. The minimum Gasteiger partial charge on any atom is -0.368 e. The van der Waals surface area contributed by atoms with E-state index in [0.717, 1.165) is 0 Å². The van der Waals surface area contributed by atoms with E-state index in [-0.39, 0.29) is 17.4 Å². The highest BCUT2D eigenvalue weighted by Crippen LogP contribution is 2.12. The number of rotatable bonds is 5. The molecule has 1 N–H and O–H groups in total. The van der Waals surface area contributed by atoms with Crippen molar-refractivity contribution in [3.8, 4) is 0 Å². The van der Waals surface area contributed by atoms with Gasteiger partial charge in [0.2, 0.25) is 5.91 Å². The predicted octanol–water partition coefficient (Wildman–Crippen LogP) is 1.84. The minimum absolute atomic E-state index is 0.0577. The molecule has 1 heterocycles. The van der Waals surface area contributed by atoms with E-state index in [4.69, 9.17) is 20.9 Å². The number of amides is 1. The van der Waals surface area contributed by atoms with Gasteiger partial charge >= 0.3 is 0 Å². The first kappa shape index (κ1) is 14.0. The lowest BCUT2D eigenvalue weighted by atomic mass is 10.2. The Morgan fingerprint density at radius 3 is 2.88 bits per heavy atom. The van der Waals surface area contributed by atoms with Crippen molar-refractivity contribution >= 4 is 17.5 Å². The molecule has 0 saturated heterocycles. The van der Waals surface area contributed by atoms with Crippen molar-refractivity contribution in [3.05, 3.63) is 17.5 Å². The molecule has 1 rings (SSSR count). The van der Waals surface area contributed by atoms with Gasteiger partial charge in [-0.3, -0.25) is 4.79 Å².